The van der Waals surface area contributed by atoms with Crippen LogP contribution in [-0.4, -0.2) is 38.4 Å². The lowest BCUT2D eigenvalue weighted by Crippen LogP contribution is -2.34. The number of hydrogen-bond acceptors (Lipinski definition) is 4. The van der Waals surface area contributed by atoms with Gasteiger partial charge in [-0.3, -0.25) is 4.79 Å². The van der Waals surface area contributed by atoms with Crippen LogP contribution in [0.3, 0.4) is 0 Å². The van der Waals surface area contributed by atoms with Gasteiger partial charge < -0.3 is 0 Å². The third-order valence-electron chi connectivity index (χ3n) is 6.68. The Kier molecular flexibility index (Phi) is 4.51. The number of fused-ring (bicyclic) bond motifs is 2. The van der Waals surface area contributed by atoms with Crippen LogP contribution >= 0.6 is 0 Å². The third kappa shape index (κ3) is 2.77. The molecule has 6 nitrogen and oxygen atoms in total. The van der Waals surface area contributed by atoms with Crippen molar-refractivity contribution in [1.29, 1.82) is 0 Å². The predicted octanol–water partition coefficient (Wildman–Crippen LogP) is 2.87. The van der Waals surface area contributed by atoms with E-state index in [0.29, 0.717) is 5.92 Å². The molecule has 0 unspecified atom stereocenters. The Morgan fingerprint density at radius 2 is 1.96 bits per heavy atom. The number of carbonyl (C=O) groups excluding carboxylic acids is 1. The molecule has 142 valence electrons. The molecule has 1 aromatic rings. The lowest BCUT2D eigenvalue weighted by Gasteiger charge is -2.34. The van der Waals surface area contributed by atoms with Gasteiger partial charge in [-0.1, -0.05) is 26.8 Å². The highest BCUT2D eigenvalue weighted by atomic mass is 32.2. The van der Waals surface area contributed by atoms with E-state index in [1.165, 1.54) is 32.6 Å². The first-order valence-corrected chi connectivity index (χ1v) is 10.3. The van der Waals surface area contributed by atoms with E-state index in [4.69, 9.17) is 0 Å². The highest BCUT2D eigenvalue weighted by molar-refractivity contribution is 7.89. The van der Waals surface area contributed by atoms with Crippen LogP contribution in [-0.2, 0) is 10.0 Å². The first-order chi connectivity index (χ1) is 12.0. The molecule has 7 heteroatoms. The molecule has 0 radical (unpaired) electrons. The van der Waals surface area contributed by atoms with Crippen LogP contribution in [0.2, 0.25) is 0 Å². The number of sulfonamides is 1. The van der Waals surface area contributed by atoms with Gasteiger partial charge in [0.05, 0.1) is 4.90 Å². The van der Waals surface area contributed by atoms with Gasteiger partial charge in [-0.2, -0.15) is 5.10 Å². The zero-order chi connectivity index (χ0) is 19.3. The zero-order valence-electron chi connectivity index (χ0n) is 16.0. The number of carbonyl (C=O) groups is 1. The summed E-state index contributed by atoms with van der Waals surface area (Å²) in [4.78, 5) is 12.6. The molecule has 2 saturated carbocycles. The van der Waals surface area contributed by atoms with Crippen LogP contribution < -0.4 is 5.43 Å². The van der Waals surface area contributed by atoms with Crippen molar-refractivity contribution >= 4 is 21.6 Å². The Bertz CT molecular complexity index is 874. The summed E-state index contributed by atoms with van der Waals surface area (Å²) in [6.45, 7) is 6.80. The van der Waals surface area contributed by atoms with Crippen LogP contribution in [0.25, 0.3) is 0 Å². The Morgan fingerprint density at radius 3 is 2.50 bits per heavy atom. The molecule has 0 aliphatic heterocycles. The van der Waals surface area contributed by atoms with Gasteiger partial charge in [0.2, 0.25) is 10.0 Å². The summed E-state index contributed by atoms with van der Waals surface area (Å²) in [5.74, 6) is 0.217. The number of nitrogens with one attached hydrogen (secondary N) is 1. The number of hydrazone groups is 1. The van der Waals surface area contributed by atoms with Crippen molar-refractivity contribution in [3.8, 4) is 0 Å². The van der Waals surface area contributed by atoms with E-state index in [0.717, 1.165) is 22.9 Å². The van der Waals surface area contributed by atoms with Gasteiger partial charge in [-0.15, -0.1) is 0 Å². The maximum atomic E-state index is 12.5. The predicted molar refractivity (Wildman–Crippen MR) is 101 cm³/mol. The monoisotopic (exact) mass is 377 g/mol. The van der Waals surface area contributed by atoms with Crippen molar-refractivity contribution in [2.24, 2.45) is 21.8 Å². The quantitative estimate of drug-likeness (QED) is 0.820. The van der Waals surface area contributed by atoms with E-state index >= 15 is 0 Å². The van der Waals surface area contributed by atoms with E-state index in [9.17, 15) is 13.2 Å². The molecule has 0 spiro atoms. The average molecular weight is 378 g/mol. The van der Waals surface area contributed by atoms with Crippen molar-refractivity contribution in [3.05, 3.63) is 29.8 Å². The second-order valence-corrected chi connectivity index (χ2v) is 10.5. The molecule has 2 aliphatic rings. The number of amides is 1. The van der Waals surface area contributed by atoms with Crippen molar-refractivity contribution in [1.82, 2.24) is 9.73 Å². The highest BCUT2D eigenvalue weighted by Crippen LogP contribution is 2.63. The van der Waals surface area contributed by atoms with Crippen LogP contribution in [0.4, 0.5) is 0 Å². The summed E-state index contributed by atoms with van der Waals surface area (Å²) in [6.07, 6.45) is 3.22. The Balaban J connectivity index is 1.80. The summed E-state index contributed by atoms with van der Waals surface area (Å²) < 4.78 is 25.6. The molecule has 2 fully saturated rings. The van der Waals surface area contributed by atoms with Crippen molar-refractivity contribution < 1.29 is 13.2 Å². The zero-order valence-corrected chi connectivity index (χ0v) is 16.9. The number of nitrogens with zero attached hydrogens (tertiary/aromatic N) is 2. The van der Waals surface area contributed by atoms with Gasteiger partial charge >= 0.3 is 0 Å². The summed E-state index contributed by atoms with van der Waals surface area (Å²) in [7, 11) is -0.650. The fourth-order valence-corrected chi connectivity index (χ4v) is 5.24. The Labute approximate surface area is 155 Å². The normalized spacial score (nSPS) is 28.7. The average Bonchev–Trinajstić information content (AvgIpc) is 2.92. The minimum absolute atomic E-state index is 0.0149. The topological polar surface area (TPSA) is 78.8 Å². The van der Waals surface area contributed by atoms with E-state index in [1.807, 2.05) is 0 Å². The standard InChI is InChI=1S/C19H27N3O3S/c1-18(2)14-9-10-19(18,3)16(12-14)20-21-17(23)13-7-6-8-15(11-13)26(24,25)22(4)5/h6-8,11,14H,9-10,12H2,1-5H3,(H,21,23)/b20-16-/t14-,19-/m0/s1. The van der Waals surface area contributed by atoms with Crippen LogP contribution in [0, 0.1) is 16.7 Å². The van der Waals surface area contributed by atoms with Gasteiger partial charge in [-0.05, 0) is 48.8 Å². The second-order valence-electron chi connectivity index (χ2n) is 8.31. The van der Waals surface area contributed by atoms with E-state index in [2.05, 4.69) is 31.3 Å². The fraction of sp³-hybridized carbons (Fsp3) is 0.579. The molecule has 0 aromatic heterocycles. The molecule has 1 N–H and O–H groups in total. The Morgan fingerprint density at radius 1 is 1.27 bits per heavy atom. The highest BCUT2D eigenvalue weighted by Gasteiger charge is 2.60. The first-order valence-electron chi connectivity index (χ1n) is 8.90. The molecule has 2 bridgehead atoms. The summed E-state index contributed by atoms with van der Waals surface area (Å²) in [5.41, 5.74) is 4.17. The Hall–Kier alpha value is -1.73. The van der Waals surface area contributed by atoms with E-state index in [1.54, 1.807) is 12.1 Å². The van der Waals surface area contributed by atoms with Gasteiger partial charge in [0, 0.05) is 30.8 Å². The molecule has 0 saturated heterocycles. The smallest absolute Gasteiger partial charge is 0.267 e. The van der Waals surface area contributed by atoms with Gasteiger partial charge in [0.1, 0.15) is 0 Å². The fourth-order valence-electron chi connectivity index (χ4n) is 4.29. The third-order valence-corrected chi connectivity index (χ3v) is 8.49. The van der Waals surface area contributed by atoms with Gasteiger partial charge in [0.15, 0.2) is 0 Å². The molecule has 2 atom stereocenters. The lowest BCUT2D eigenvalue weighted by atomic mass is 9.70. The molecule has 2 aliphatic carbocycles. The first kappa shape index (κ1) is 19.0. The lowest BCUT2D eigenvalue weighted by molar-refractivity contribution is 0.0953. The number of benzene rings is 1. The molecular formula is C19H27N3O3S. The van der Waals surface area contributed by atoms with Crippen LogP contribution in [0.15, 0.2) is 34.3 Å². The second kappa shape index (κ2) is 6.16. The molecule has 26 heavy (non-hydrogen) atoms. The van der Waals surface area contributed by atoms with Crippen LogP contribution in [0.5, 0.6) is 0 Å². The molecule has 3 rings (SSSR count). The minimum atomic E-state index is -3.58. The van der Waals surface area contributed by atoms with Gasteiger partial charge in [0.25, 0.3) is 5.91 Å². The molecular weight excluding hydrogens is 350 g/mol. The van der Waals surface area contributed by atoms with Crippen LogP contribution in [0.1, 0.15) is 50.4 Å². The SMILES string of the molecule is CN(C)S(=O)(=O)c1cccc(C(=O)N/N=C2/C[C@@H]3CC[C@]2(C)C3(C)C)c1. The van der Waals surface area contributed by atoms with Crippen molar-refractivity contribution in [2.45, 2.75) is 44.9 Å². The molecule has 1 aromatic carbocycles. The summed E-state index contributed by atoms with van der Waals surface area (Å²) in [5, 5.41) is 4.43. The van der Waals surface area contributed by atoms with Crippen molar-refractivity contribution in [2.75, 3.05) is 14.1 Å². The number of rotatable bonds is 4. The minimum Gasteiger partial charge on any atom is -0.267 e. The van der Waals surface area contributed by atoms with Crippen molar-refractivity contribution in [3.63, 3.8) is 0 Å². The van der Waals surface area contributed by atoms with Gasteiger partial charge in [-0.25, -0.2) is 18.1 Å². The van der Waals surface area contributed by atoms with E-state index in [-0.39, 0.29) is 21.3 Å². The maximum absolute atomic E-state index is 12.5. The molecule has 1 amide bonds. The number of hydrogen-bond donors (Lipinski definition) is 1. The largest absolute Gasteiger partial charge is 0.271 e. The summed E-state index contributed by atoms with van der Waals surface area (Å²) >= 11 is 0. The summed E-state index contributed by atoms with van der Waals surface area (Å²) in [6, 6.07) is 6.03. The van der Waals surface area contributed by atoms with E-state index < -0.39 is 15.9 Å². The molecule has 0 heterocycles. The maximum Gasteiger partial charge on any atom is 0.271 e.